The summed E-state index contributed by atoms with van der Waals surface area (Å²) in [6, 6.07) is 17.5. The third-order valence-corrected chi connectivity index (χ3v) is 6.04. The summed E-state index contributed by atoms with van der Waals surface area (Å²) in [4.78, 5) is 37.8. The van der Waals surface area contributed by atoms with Crippen molar-refractivity contribution in [3.8, 4) is 0 Å². The van der Waals surface area contributed by atoms with Gasteiger partial charge in [-0.15, -0.1) is 0 Å². The number of benzene rings is 2. The number of urea groups is 1. The number of likely N-dealkylation sites (tertiary alicyclic amines) is 1. The van der Waals surface area contributed by atoms with Gasteiger partial charge in [-0.3, -0.25) is 14.9 Å². The average Bonchev–Trinajstić information content (AvgIpc) is 3.21. The molecular formula is C23H25N3O3. The SMILES string of the molecule is CC1(c2ccc(CCc3ccccc3)cc2)CCN(CC2NC(=O)NC2=O)C1=O. The lowest BCUT2D eigenvalue weighted by molar-refractivity contribution is -0.132. The van der Waals surface area contributed by atoms with Crippen molar-refractivity contribution in [2.75, 3.05) is 13.1 Å². The van der Waals surface area contributed by atoms with Crippen molar-refractivity contribution in [3.63, 3.8) is 0 Å². The summed E-state index contributed by atoms with van der Waals surface area (Å²) in [5.41, 5.74) is 2.95. The van der Waals surface area contributed by atoms with E-state index in [1.807, 2.05) is 25.1 Å². The number of rotatable bonds is 6. The first-order chi connectivity index (χ1) is 14.0. The van der Waals surface area contributed by atoms with Gasteiger partial charge in [-0.1, -0.05) is 54.6 Å². The van der Waals surface area contributed by atoms with Gasteiger partial charge in [0.1, 0.15) is 6.04 Å². The van der Waals surface area contributed by atoms with Crippen LogP contribution in [-0.4, -0.2) is 41.9 Å². The molecule has 2 fully saturated rings. The molecule has 29 heavy (non-hydrogen) atoms. The predicted octanol–water partition coefficient (Wildman–Crippen LogP) is 2.17. The molecule has 0 aliphatic carbocycles. The molecule has 2 atom stereocenters. The summed E-state index contributed by atoms with van der Waals surface area (Å²) in [5, 5.41) is 4.77. The monoisotopic (exact) mass is 391 g/mol. The van der Waals surface area contributed by atoms with Crippen LogP contribution in [0.25, 0.3) is 0 Å². The molecule has 6 heteroatoms. The average molecular weight is 391 g/mol. The molecule has 2 aromatic carbocycles. The number of nitrogens with zero attached hydrogens (tertiary/aromatic N) is 1. The van der Waals surface area contributed by atoms with Gasteiger partial charge in [0.25, 0.3) is 5.91 Å². The summed E-state index contributed by atoms with van der Waals surface area (Å²) in [6.07, 6.45) is 2.63. The summed E-state index contributed by atoms with van der Waals surface area (Å²) < 4.78 is 0. The van der Waals surface area contributed by atoms with Crippen molar-refractivity contribution in [3.05, 3.63) is 71.3 Å². The number of hydrogen-bond donors (Lipinski definition) is 2. The summed E-state index contributed by atoms with van der Waals surface area (Å²) in [5.74, 6) is -0.373. The van der Waals surface area contributed by atoms with Crippen molar-refractivity contribution >= 4 is 17.8 Å². The van der Waals surface area contributed by atoms with Crippen LogP contribution in [0.4, 0.5) is 4.79 Å². The molecule has 2 saturated heterocycles. The Morgan fingerprint density at radius 1 is 0.966 bits per heavy atom. The van der Waals surface area contributed by atoms with Crippen LogP contribution in [0.2, 0.25) is 0 Å². The normalized spacial score (nSPS) is 24.0. The summed E-state index contributed by atoms with van der Waals surface area (Å²) in [6.45, 7) is 2.74. The van der Waals surface area contributed by atoms with Crippen LogP contribution in [0.5, 0.6) is 0 Å². The fourth-order valence-corrected chi connectivity index (χ4v) is 4.14. The summed E-state index contributed by atoms with van der Waals surface area (Å²) in [7, 11) is 0. The van der Waals surface area contributed by atoms with Gasteiger partial charge in [0.2, 0.25) is 5.91 Å². The minimum atomic E-state index is -0.672. The topological polar surface area (TPSA) is 78.5 Å². The largest absolute Gasteiger partial charge is 0.339 e. The van der Waals surface area contributed by atoms with Gasteiger partial charge in [-0.2, -0.15) is 0 Å². The van der Waals surface area contributed by atoms with E-state index >= 15 is 0 Å². The van der Waals surface area contributed by atoms with E-state index in [9.17, 15) is 14.4 Å². The fraction of sp³-hybridized carbons (Fsp3) is 0.348. The quantitative estimate of drug-likeness (QED) is 0.741. The van der Waals surface area contributed by atoms with Crippen LogP contribution in [0.1, 0.15) is 30.0 Å². The molecule has 0 spiro atoms. The molecular weight excluding hydrogens is 366 g/mol. The number of aryl methyl sites for hydroxylation is 2. The number of hydrogen-bond acceptors (Lipinski definition) is 3. The van der Waals surface area contributed by atoms with Gasteiger partial charge >= 0.3 is 6.03 Å². The van der Waals surface area contributed by atoms with Gasteiger partial charge in [0, 0.05) is 13.1 Å². The number of amides is 4. The minimum Gasteiger partial charge on any atom is -0.339 e. The zero-order valence-electron chi connectivity index (χ0n) is 16.5. The van der Waals surface area contributed by atoms with Crippen molar-refractivity contribution < 1.29 is 14.4 Å². The number of carbonyl (C=O) groups excluding carboxylic acids is 3. The first-order valence-corrected chi connectivity index (χ1v) is 10.00. The van der Waals surface area contributed by atoms with E-state index in [2.05, 4.69) is 47.0 Å². The van der Waals surface area contributed by atoms with E-state index in [0.717, 1.165) is 18.4 Å². The zero-order chi connectivity index (χ0) is 20.4. The molecule has 0 bridgehead atoms. The van der Waals surface area contributed by atoms with Crippen LogP contribution >= 0.6 is 0 Å². The highest BCUT2D eigenvalue weighted by molar-refractivity contribution is 6.04. The standard InChI is InChI=1S/C23H25N3O3/c1-23(13-14-26(21(23)28)15-19-20(27)25-22(29)24-19)18-11-9-17(10-12-18)8-7-16-5-3-2-4-6-16/h2-6,9-12,19H,7-8,13-15H2,1H3,(H2,24,25,27,29). The smallest absolute Gasteiger partial charge is 0.322 e. The zero-order valence-corrected chi connectivity index (χ0v) is 16.5. The molecule has 6 nitrogen and oxygen atoms in total. The molecule has 2 N–H and O–H groups in total. The van der Waals surface area contributed by atoms with Crippen LogP contribution in [0.3, 0.4) is 0 Å². The van der Waals surface area contributed by atoms with E-state index < -0.39 is 17.5 Å². The third-order valence-electron chi connectivity index (χ3n) is 6.04. The van der Waals surface area contributed by atoms with Crippen molar-refractivity contribution in [1.82, 2.24) is 15.5 Å². The molecule has 4 rings (SSSR count). The molecule has 2 unspecified atom stereocenters. The maximum absolute atomic E-state index is 13.1. The molecule has 2 aliphatic heterocycles. The van der Waals surface area contributed by atoms with Crippen LogP contribution in [0.15, 0.2) is 54.6 Å². The van der Waals surface area contributed by atoms with Crippen molar-refractivity contribution in [2.45, 2.75) is 37.6 Å². The second-order valence-corrected chi connectivity index (χ2v) is 8.03. The number of carbonyl (C=O) groups is 3. The number of imide groups is 1. The fourth-order valence-electron chi connectivity index (χ4n) is 4.14. The Morgan fingerprint density at radius 3 is 2.24 bits per heavy atom. The second-order valence-electron chi connectivity index (χ2n) is 8.03. The van der Waals surface area contributed by atoms with E-state index in [0.29, 0.717) is 13.0 Å². The maximum atomic E-state index is 13.1. The van der Waals surface area contributed by atoms with Gasteiger partial charge in [0.05, 0.1) is 5.41 Å². The summed E-state index contributed by atoms with van der Waals surface area (Å²) >= 11 is 0. The highest BCUT2D eigenvalue weighted by atomic mass is 16.2. The number of nitrogens with one attached hydrogen (secondary N) is 2. The first-order valence-electron chi connectivity index (χ1n) is 10.00. The molecule has 2 heterocycles. The maximum Gasteiger partial charge on any atom is 0.322 e. The molecule has 150 valence electrons. The van der Waals surface area contributed by atoms with E-state index in [1.165, 1.54) is 11.1 Å². The van der Waals surface area contributed by atoms with E-state index in [-0.39, 0.29) is 18.4 Å². The molecule has 2 aromatic rings. The highest BCUT2D eigenvalue weighted by Crippen LogP contribution is 2.35. The highest BCUT2D eigenvalue weighted by Gasteiger charge is 2.45. The lowest BCUT2D eigenvalue weighted by Gasteiger charge is -2.25. The van der Waals surface area contributed by atoms with E-state index in [4.69, 9.17) is 0 Å². The Labute approximate surface area is 170 Å². The van der Waals surface area contributed by atoms with Gasteiger partial charge in [-0.25, -0.2) is 4.79 Å². The Morgan fingerprint density at radius 2 is 1.62 bits per heavy atom. The molecule has 0 saturated carbocycles. The molecule has 4 amide bonds. The second kappa shape index (κ2) is 7.70. The van der Waals surface area contributed by atoms with Gasteiger partial charge in [-0.05, 0) is 42.9 Å². The van der Waals surface area contributed by atoms with Gasteiger partial charge in [0.15, 0.2) is 0 Å². The Hall–Kier alpha value is -3.15. The Balaban J connectivity index is 1.40. The first kappa shape index (κ1) is 19.2. The molecule has 0 radical (unpaired) electrons. The van der Waals surface area contributed by atoms with Crippen LogP contribution < -0.4 is 10.6 Å². The van der Waals surface area contributed by atoms with Crippen molar-refractivity contribution in [2.24, 2.45) is 0 Å². The predicted molar refractivity (Wildman–Crippen MR) is 109 cm³/mol. The van der Waals surface area contributed by atoms with Crippen LogP contribution in [0, 0.1) is 0 Å². The third kappa shape index (κ3) is 3.88. The molecule has 0 aromatic heterocycles. The minimum absolute atomic E-state index is 0.00323. The Bertz CT molecular complexity index is 926. The van der Waals surface area contributed by atoms with Gasteiger partial charge < -0.3 is 10.2 Å². The van der Waals surface area contributed by atoms with Crippen molar-refractivity contribution in [1.29, 1.82) is 0 Å². The Kier molecular flexibility index (Phi) is 5.09. The molecule has 2 aliphatic rings. The lowest BCUT2D eigenvalue weighted by Crippen LogP contribution is -2.45. The van der Waals surface area contributed by atoms with Crippen LogP contribution in [-0.2, 0) is 27.8 Å². The lowest BCUT2D eigenvalue weighted by atomic mass is 9.80. The van der Waals surface area contributed by atoms with E-state index in [1.54, 1.807) is 4.90 Å².